The molecule has 8 heteroatoms. The van der Waals surface area contributed by atoms with Gasteiger partial charge in [0.2, 0.25) is 0 Å². The molecular formula is C11H17N3O4S. The maximum absolute atomic E-state index is 12.5. The van der Waals surface area contributed by atoms with Gasteiger partial charge in [-0.15, -0.1) is 0 Å². The van der Waals surface area contributed by atoms with Crippen LogP contribution in [0.15, 0.2) is 11.2 Å². The molecule has 1 aliphatic rings. The molecule has 1 atom stereocenters. The molecule has 106 valence electrons. The van der Waals surface area contributed by atoms with Gasteiger partial charge in [0.1, 0.15) is 5.56 Å². The van der Waals surface area contributed by atoms with Gasteiger partial charge < -0.3 is 5.11 Å². The monoisotopic (exact) mass is 287 g/mol. The average Bonchev–Trinajstić information content (AvgIpc) is 2.98. The first kappa shape index (κ1) is 14.0. The second-order valence-corrected chi connectivity index (χ2v) is 6.81. The van der Waals surface area contributed by atoms with Crippen molar-refractivity contribution in [1.82, 2.24) is 14.5 Å². The normalized spacial score (nSPS) is 21.1. The Labute approximate surface area is 111 Å². The van der Waals surface area contributed by atoms with E-state index < -0.39 is 16.0 Å². The topological polar surface area (TPSA) is 103 Å². The Morgan fingerprint density at radius 3 is 2.84 bits per heavy atom. The molecule has 0 aromatic carbocycles. The van der Waals surface area contributed by atoms with Crippen LogP contribution in [-0.2, 0) is 10.0 Å². The third-order valence-corrected chi connectivity index (χ3v) is 5.32. The van der Waals surface area contributed by atoms with Gasteiger partial charge in [-0.2, -0.15) is 9.40 Å². The highest BCUT2D eigenvalue weighted by molar-refractivity contribution is 7.89. The second-order valence-electron chi connectivity index (χ2n) is 4.99. The number of hydrogen-bond donors (Lipinski definition) is 2. The summed E-state index contributed by atoms with van der Waals surface area (Å²) in [6, 6.07) is -0.0880. The van der Waals surface area contributed by atoms with E-state index in [-0.39, 0.29) is 22.5 Å². The van der Waals surface area contributed by atoms with Crippen molar-refractivity contribution in [3.63, 3.8) is 0 Å². The zero-order valence-electron chi connectivity index (χ0n) is 10.8. The van der Waals surface area contributed by atoms with E-state index >= 15 is 0 Å². The first-order chi connectivity index (χ1) is 8.85. The molecule has 0 bridgehead atoms. The standard InChI is InChI=1S/C11H17N3O4S/c1-7(2)9-4-3-5-14(9)19(17,18)10-8(11(15)16)6-12-13-10/h6-7,9H,3-5H2,1-2H3,(H,12,13)(H,15,16). The van der Waals surface area contributed by atoms with Gasteiger partial charge in [-0.05, 0) is 18.8 Å². The zero-order valence-corrected chi connectivity index (χ0v) is 11.6. The number of carboxylic acids is 1. The Balaban J connectivity index is 2.42. The fourth-order valence-corrected chi connectivity index (χ4v) is 4.37. The van der Waals surface area contributed by atoms with Crippen molar-refractivity contribution in [1.29, 1.82) is 0 Å². The van der Waals surface area contributed by atoms with E-state index in [2.05, 4.69) is 10.2 Å². The molecule has 1 saturated heterocycles. The van der Waals surface area contributed by atoms with Gasteiger partial charge in [0.25, 0.3) is 10.0 Å². The lowest BCUT2D eigenvalue weighted by molar-refractivity contribution is 0.0692. The van der Waals surface area contributed by atoms with E-state index in [1.807, 2.05) is 13.8 Å². The van der Waals surface area contributed by atoms with Gasteiger partial charge in [0.15, 0.2) is 5.03 Å². The Bertz CT molecular complexity index is 579. The van der Waals surface area contributed by atoms with Crippen LogP contribution in [0.5, 0.6) is 0 Å². The largest absolute Gasteiger partial charge is 0.478 e. The van der Waals surface area contributed by atoms with Crippen molar-refractivity contribution < 1.29 is 18.3 Å². The number of carboxylic acid groups (broad SMARTS) is 1. The fourth-order valence-electron chi connectivity index (χ4n) is 2.47. The van der Waals surface area contributed by atoms with Crippen LogP contribution < -0.4 is 0 Å². The molecule has 0 amide bonds. The zero-order chi connectivity index (χ0) is 14.2. The summed E-state index contributed by atoms with van der Waals surface area (Å²) in [6.07, 6.45) is 2.61. The summed E-state index contributed by atoms with van der Waals surface area (Å²) < 4.78 is 26.4. The highest BCUT2D eigenvalue weighted by Crippen LogP contribution is 2.30. The molecule has 1 aromatic heterocycles. The Morgan fingerprint density at radius 1 is 1.58 bits per heavy atom. The van der Waals surface area contributed by atoms with E-state index in [0.29, 0.717) is 6.54 Å². The van der Waals surface area contributed by atoms with Crippen LogP contribution in [0.4, 0.5) is 0 Å². The van der Waals surface area contributed by atoms with Crippen molar-refractivity contribution in [2.24, 2.45) is 5.92 Å². The predicted octanol–water partition coefficient (Wildman–Crippen LogP) is 0.917. The molecule has 2 N–H and O–H groups in total. The summed E-state index contributed by atoms with van der Waals surface area (Å²) in [4.78, 5) is 11.0. The summed E-state index contributed by atoms with van der Waals surface area (Å²) >= 11 is 0. The SMILES string of the molecule is CC(C)C1CCCN1S(=O)(=O)c1[nH]ncc1C(=O)O. The first-order valence-corrected chi connectivity index (χ1v) is 7.58. The minimum Gasteiger partial charge on any atom is -0.478 e. The molecule has 0 aliphatic carbocycles. The van der Waals surface area contributed by atoms with E-state index in [4.69, 9.17) is 5.11 Å². The summed E-state index contributed by atoms with van der Waals surface area (Å²) in [5, 5.41) is 14.5. The molecule has 2 heterocycles. The van der Waals surface area contributed by atoms with Crippen LogP contribution in [0.2, 0.25) is 0 Å². The fraction of sp³-hybridized carbons (Fsp3) is 0.636. The molecule has 0 saturated carbocycles. The molecule has 1 aliphatic heterocycles. The number of aromatic amines is 1. The van der Waals surface area contributed by atoms with E-state index in [1.165, 1.54) is 4.31 Å². The van der Waals surface area contributed by atoms with Crippen LogP contribution in [0.3, 0.4) is 0 Å². The van der Waals surface area contributed by atoms with Crippen LogP contribution in [0, 0.1) is 5.92 Å². The third kappa shape index (κ3) is 2.37. The third-order valence-electron chi connectivity index (χ3n) is 3.42. The quantitative estimate of drug-likeness (QED) is 0.857. The lowest BCUT2D eigenvalue weighted by atomic mass is 10.0. The van der Waals surface area contributed by atoms with E-state index in [9.17, 15) is 13.2 Å². The predicted molar refractivity (Wildman–Crippen MR) is 67.3 cm³/mol. The number of carbonyl (C=O) groups is 1. The lowest BCUT2D eigenvalue weighted by Gasteiger charge is -2.26. The number of aromatic carboxylic acids is 1. The van der Waals surface area contributed by atoms with Crippen LogP contribution in [-0.4, -0.2) is 46.6 Å². The molecule has 19 heavy (non-hydrogen) atoms. The summed E-state index contributed by atoms with van der Waals surface area (Å²) in [5.41, 5.74) is -0.311. The average molecular weight is 287 g/mol. The number of sulfonamides is 1. The molecule has 2 rings (SSSR count). The highest BCUT2D eigenvalue weighted by atomic mass is 32.2. The molecular weight excluding hydrogens is 270 g/mol. The smallest absolute Gasteiger partial charge is 0.340 e. The van der Waals surface area contributed by atoms with Crippen LogP contribution in [0.25, 0.3) is 0 Å². The Hall–Kier alpha value is -1.41. The van der Waals surface area contributed by atoms with Gasteiger partial charge in [0, 0.05) is 12.6 Å². The Morgan fingerprint density at radius 2 is 2.26 bits per heavy atom. The van der Waals surface area contributed by atoms with Gasteiger partial charge in [-0.3, -0.25) is 5.10 Å². The number of hydrogen-bond acceptors (Lipinski definition) is 4. The summed E-state index contributed by atoms with van der Waals surface area (Å²) in [7, 11) is -3.83. The molecule has 0 spiro atoms. The second kappa shape index (κ2) is 4.93. The van der Waals surface area contributed by atoms with Crippen molar-refractivity contribution in [3.05, 3.63) is 11.8 Å². The number of aromatic nitrogens is 2. The van der Waals surface area contributed by atoms with Crippen molar-refractivity contribution in [2.75, 3.05) is 6.54 Å². The summed E-state index contributed by atoms with van der Waals surface area (Å²) in [6.45, 7) is 4.34. The molecule has 0 radical (unpaired) electrons. The maximum atomic E-state index is 12.5. The van der Waals surface area contributed by atoms with Gasteiger partial charge in [-0.1, -0.05) is 13.8 Å². The van der Waals surface area contributed by atoms with Crippen LogP contribution in [0.1, 0.15) is 37.0 Å². The van der Waals surface area contributed by atoms with Gasteiger partial charge in [0.05, 0.1) is 6.20 Å². The molecule has 1 fully saturated rings. The number of H-pyrrole nitrogens is 1. The number of nitrogens with zero attached hydrogens (tertiary/aromatic N) is 2. The summed E-state index contributed by atoms with van der Waals surface area (Å²) in [5.74, 6) is -1.11. The maximum Gasteiger partial charge on any atom is 0.340 e. The molecule has 1 aromatic rings. The van der Waals surface area contributed by atoms with E-state index in [0.717, 1.165) is 19.0 Å². The van der Waals surface area contributed by atoms with Crippen molar-refractivity contribution in [3.8, 4) is 0 Å². The van der Waals surface area contributed by atoms with Crippen LogP contribution >= 0.6 is 0 Å². The highest BCUT2D eigenvalue weighted by Gasteiger charge is 2.39. The number of rotatable bonds is 4. The van der Waals surface area contributed by atoms with Crippen molar-refractivity contribution in [2.45, 2.75) is 37.8 Å². The van der Waals surface area contributed by atoms with Gasteiger partial charge in [-0.25, -0.2) is 13.2 Å². The first-order valence-electron chi connectivity index (χ1n) is 6.14. The number of nitrogens with one attached hydrogen (secondary N) is 1. The molecule has 1 unspecified atom stereocenters. The van der Waals surface area contributed by atoms with E-state index in [1.54, 1.807) is 0 Å². The molecule has 7 nitrogen and oxygen atoms in total. The minimum absolute atomic E-state index is 0.0880. The van der Waals surface area contributed by atoms with Gasteiger partial charge >= 0.3 is 5.97 Å². The van der Waals surface area contributed by atoms with Crippen molar-refractivity contribution >= 4 is 16.0 Å². The lowest BCUT2D eigenvalue weighted by Crippen LogP contribution is -2.39. The minimum atomic E-state index is -3.83. The Kier molecular flexibility index (Phi) is 3.64.